The van der Waals surface area contributed by atoms with Gasteiger partial charge in [-0.2, -0.15) is 4.98 Å². The van der Waals surface area contributed by atoms with Gasteiger partial charge in [0, 0.05) is 18.8 Å². The molecular formula is C14H26N4. The fourth-order valence-electron chi connectivity index (χ4n) is 1.79. The van der Waals surface area contributed by atoms with Crippen molar-refractivity contribution in [2.45, 2.75) is 58.9 Å². The van der Waals surface area contributed by atoms with E-state index in [1.54, 1.807) is 6.20 Å². The highest BCUT2D eigenvalue weighted by Crippen LogP contribution is 2.11. The van der Waals surface area contributed by atoms with Crippen molar-refractivity contribution >= 4 is 11.8 Å². The number of hydrogen-bond acceptors (Lipinski definition) is 4. The van der Waals surface area contributed by atoms with Crippen molar-refractivity contribution < 1.29 is 0 Å². The number of rotatable bonds is 9. The Morgan fingerprint density at radius 2 is 2.06 bits per heavy atom. The number of aromatic nitrogens is 2. The van der Waals surface area contributed by atoms with E-state index in [1.807, 2.05) is 6.07 Å². The summed E-state index contributed by atoms with van der Waals surface area (Å²) in [5.41, 5.74) is 0. The lowest BCUT2D eigenvalue weighted by Gasteiger charge is -2.14. The molecule has 1 atom stereocenters. The first-order valence-electron chi connectivity index (χ1n) is 7.09. The molecule has 2 N–H and O–H groups in total. The summed E-state index contributed by atoms with van der Waals surface area (Å²) in [4.78, 5) is 8.64. The van der Waals surface area contributed by atoms with Gasteiger partial charge in [-0.25, -0.2) is 4.98 Å². The number of unbranched alkanes of at least 4 members (excludes halogenated alkanes) is 2. The first-order chi connectivity index (χ1) is 8.76. The Labute approximate surface area is 111 Å². The van der Waals surface area contributed by atoms with E-state index in [4.69, 9.17) is 0 Å². The van der Waals surface area contributed by atoms with E-state index >= 15 is 0 Å². The van der Waals surface area contributed by atoms with Crippen LogP contribution in [0.4, 0.5) is 11.8 Å². The summed E-state index contributed by atoms with van der Waals surface area (Å²) in [6, 6.07) is 2.39. The molecule has 0 saturated heterocycles. The molecule has 102 valence electrons. The van der Waals surface area contributed by atoms with Crippen LogP contribution in [0.15, 0.2) is 12.3 Å². The van der Waals surface area contributed by atoms with Crippen LogP contribution in [0.1, 0.15) is 52.9 Å². The van der Waals surface area contributed by atoms with Gasteiger partial charge >= 0.3 is 0 Å². The maximum Gasteiger partial charge on any atom is 0.224 e. The minimum atomic E-state index is 0.463. The van der Waals surface area contributed by atoms with Crippen LogP contribution in [0.5, 0.6) is 0 Å². The topological polar surface area (TPSA) is 49.8 Å². The molecule has 1 unspecified atom stereocenters. The molecule has 1 aromatic rings. The molecule has 0 radical (unpaired) electrons. The average molecular weight is 250 g/mol. The van der Waals surface area contributed by atoms with Crippen molar-refractivity contribution in [2.75, 3.05) is 17.2 Å². The molecule has 0 bridgehead atoms. The van der Waals surface area contributed by atoms with E-state index in [1.165, 1.54) is 25.7 Å². The summed E-state index contributed by atoms with van der Waals surface area (Å²) in [6.45, 7) is 7.48. The Morgan fingerprint density at radius 3 is 2.78 bits per heavy atom. The normalized spacial score (nSPS) is 12.2. The van der Waals surface area contributed by atoms with Crippen molar-refractivity contribution in [1.82, 2.24) is 9.97 Å². The van der Waals surface area contributed by atoms with Gasteiger partial charge in [0.2, 0.25) is 5.95 Å². The van der Waals surface area contributed by atoms with Crippen LogP contribution >= 0.6 is 0 Å². The van der Waals surface area contributed by atoms with E-state index in [2.05, 4.69) is 41.4 Å². The highest BCUT2D eigenvalue weighted by Gasteiger charge is 2.03. The molecule has 1 aromatic heterocycles. The van der Waals surface area contributed by atoms with Crippen molar-refractivity contribution in [1.29, 1.82) is 0 Å². The lowest BCUT2D eigenvalue weighted by molar-refractivity contribution is 0.613. The van der Waals surface area contributed by atoms with E-state index < -0.39 is 0 Å². The first kappa shape index (κ1) is 14.7. The highest BCUT2D eigenvalue weighted by atomic mass is 15.1. The predicted molar refractivity (Wildman–Crippen MR) is 78.0 cm³/mol. The van der Waals surface area contributed by atoms with Gasteiger partial charge in [-0.15, -0.1) is 0 Å². The van der Waals surface area contributed by atoms with Gasteiger partial charge in [-0.1, -0.05) is 33.1 Å². The molecular weight excluding hydrogens is 224 g/mol. The minimum Gasteiger partial charge on any atom is -0.367 e. The molecule has 1 heterocycles. The molecule has 0 saturated carbocycles. The van der Waals surface area contributed by atoms with E-state index in [9.17, 15) is 0 Å². The van der Waals surface area contributed by atoms with Crippen LogP contribution < -0.4 is 10.6 Å². The second kappa shape index (κ2) is 8.72. The zero-order chi connectivity index (χ0) is 13.2. The van der Waals surface area contributed by atoms with Crippen molar-refractivity contribution in [3.05, 3.63) is 12.3 Å². The molecule has 1 rings (SSSR count). The Hall–Kier alpha value is -1.32. The van der Waals surface area contributed by atoms with Crippen LogP contribution in [0.2, 0.25) is 0 Å². The van der Waals surface area contributed by atoms with Gasteiger partial charge in [0.25, 0.3) is 0 Å². The summed E-state index contributed by atoms with van der Waals surface area (Å²) in [6.07, 6.45) is 7.91. The van der Waals surface area contributed by atoms with Crippen molar-refractivity contribution in [2.24, 2.45) is 0 Å². The fourth-order valence-corrected chi connectivity index (χ4v) is 1.79. The van der Waals surface area contributed by atoms with E-state index in [0.29, 0.717) is 12.0 Å². The van der Waals surface area contributed by atoms with Crippen LogP contribution in [-0.2, 0) is 0 Å². The van der Waals surface area contributed by atoms with Gasteiger partial charge in [-0.3, -0.25) is 0 Å². The lowest BCUT2D eigenvalue weighted by atomic mass is 10.1. The molecule has 0 fully saturated rings. The predicted octanol–water partition coefficient (Wildman–Crippen LogP) is 3.68. The average Bonchev–Trinajstić information content (AvgIpc) is 2.37. The Kier molecular flexibility index (Phi) is 7.14. The van der Waals surface area contributed by atoms with Crippen LogP contribution in [0.25, 0.3) is 0 Å². The highest BCUT2D eigenvalue weighted by molar-refractivity contribution is 5.40. The molecule has 4 heteroatoms. The number of nitrogens with one attached hydrogen (secondary N) is 2. The maximum absolute atomic E-state index is 4.45. The zero-order valence-electron chi connectivity index (χ0n) is 11.9. The van der Waals surface area contributed by atoms with Crippen molar-refractivity contribution in [3.63, 3.8) is 0 Å². The molecule has 0 amide bonds. The minimum absolute atomic E-state index is 0.463. The van der Waals surface area contributed by atoms with Crippen molar-refractivity contribution in [3.8, 4) is 0 Å². The number of nitrogens with zero attached hydrogens (tertiary/aromatic N) is 2. The smallest absolute Gasteiger partial charge is 0.224 e. The SMILES string of the molecule is CCCCCC(C)Nc1ccnc(NCCC)n1. The fraction of sp³-hybridized carbons (Fsp3) is 0.714. The van der Waals surface area contributed by atoms with Crippen LogP contribution in [-0.4, -0.2) is 22.6 Å². The van der Waals surface area contributed by atoms with Crippen LogP contribution in [0, 0.1) is 0 Å². The number of anilines is 2. The van der Waals surface area contributed by atoms with Gasteiger partial charge in [0.15, 0.2) is 0 Å². The van der Waals surface area contributed by atoms with Gasteiger partial charge in [-0.05, 0) is 25.8 Å². The third-order valence-electron chi connectivity index (χ3n) is 2.82. The zero-order valence-corrected chi connectivity index (χ0v) is 11.9. The first-order valence-corrected chi connectivity index (χ1v) is 7.09. The van der Waals surface area contributed by atoms with Crippen LogP contribution in [0.3, 0.4) is 0 Å². The second-order valence-electron chi connectivity index (χ2n) is 4.73. The van der Waals surface area contributed by atoms with Gasteiger partial charge in [0.05, 0.1) is 0 Å². The second-order valence-corrected chi connectivity index (χ2v) is 4.73. The Balaban J connectivity index is 2.40. The molecule has 0 aliphatic heterocycles. The van der Waals surface area contributed by atoms with Gasteiger partial charge in [0.1, 0.15) is 5.82 Å². The summed E-state index contributed by atoms with van der Waals surface area (Å²) in [5, 5.41) is 6.62. The monoisotopic (exact) mass is 250 g/mol. The quantitative estimate of drug-likeness (QED) is 0.656. The maximum atomic E-state index is 4.45. The molecule has 0 aromatic carbocycles. The molecule has 4 nitrogen and oxygen atoms in total. The summed E-state index contributed by atoms with van der Waals surface area (Å²) in [7, 11) is 0. The molecule has 18 heavy (non-hydrogen) atoms. The summed E-state index contributed by atoms with van der Waals surface area (Å²) >= 11 is 0. The summed E-state index contributed by atoms with van der Waals surface area (Å²) in [5.74, 6) is 1.62. The standard InChI is InChI=1S/C14H26N4/c1-4-6-7-8-12(3)17-13-9-11-16-14(18-13)15-10-5-2/h9,11-12H,4-8,10H2,1-3H3,(H2,15,16,17,18). The van der Waals surface area contributed by atoms with Gasteiger partial charge < -0.3 is 10.6 Å². The summed E-state index contributed by atoms with van der Waals surface area (Å²) < 4.78 is 0. The largest absolute Gasteiger partial charge is 0.367 e. The molecule has 0 spiro atoms. The third-order valence-corrected chi connectivity index (χ3v) is 2.82. The molecule has 0 aliphatic rings. The third kappa shape index (κ3) is 5.84. The lowest BCUT2D eigenvalue weighted by Crippen LogP contribution is -2.16. The van der Waals surface area contributed by atoms with E-state index in [0.717, 1.165) is 18.8 Å². The van der Waals surface area contributed by atoms with E-state index in [-0.39, 0.29) is 0 Å². The Bertz CT molecular complexity index is 327. The molecule has 0 aliphatic carbocycles. The Morgan fingerprint density at radius 1 is 1.22 bits per heavy atom. The number of hydrogen-bond donors (Lipinski definition) is 2.